The van der Waals surface area contributed by atoms with Crippen LogP contribution in [0.15, 0.2) is 18.2 Å². The molecule has 0 aromatic heterocycles. The average Bonchev–Trinajstić information content (AvgIpc) is 2.20. The van der Waals surface area contributed by atoms with Gasteiger partial charge in [0.05, 0.1) is 10.8 Å². The highest BCUT2D eigenvalue weighted by Crippen LogP contribution is 2.19. The number of amides is 1. The minimum absolute atomic E-state index is 0.0332. The normalized spacial score (nSPS) is 9.40. The summed E-state index contributed by atoms with van der Waals surface area (Å²) in [6.45, 7) is 0. The molecule has 0 fully saturated rings. The maximum Gasteiger partial charge on any atom is 0.235 e. The van der Waals surface area contributed by atoms with Crippen molar-refractivity contribution in [2.75, 3.05) is 11.1 Å². The van der Waals surface area contributed by atoms with Crippen molar-refractivity contribution in [3.05, 3.63) is 29.0 Å². The molecule has 1 amide bonds. The first-order chi connectivity index (χ1) is 7.13. The summed E-state index contributed by atoms with van der Waals surface area (Å²) in [6.07, 6.45) is 0. The molecule has 1 N–H and O–H groups in total. The third-order valence-corrected chi connectivity index (χ3v) is 2.30. The molecule has 0 aliphatic carbocycles. The first-order valence-corrected chi connectivity index (χ1v) is 5.25. The summed E-state index contributed by atoms with van der Waals surface area (Å²) in [7, 11) is 0. The van der Waals surface area contributed by atoms with Gasteiger partial charge in [0, 0.05) is 5.69 Å². The molecule has 0 spiro atoms. The van der Waals surface area contributed by atoms with Crippen molar-refractivity contribution in [2.45, 2.75) is 0 Å². The second-order valence-corrected chi connectivity index (χ2v) is 3.72. The minimum Gasteiger partial charge on any atom is -0.325 e. The molecule has 1 aromatic carbocycles. The Balaban J connectivity index is 2.62. The van der Waals surface area contributed by atoms with Gasteiger partial charge in [-0.25, -0.2) is 4.39 Å². The van der Waals surface area contributed by atoms with Crippen LogP contribution < -0.4 is 5.32 Å². The van der Waals surface area contributed by atoms with Crippen LogP contribution >= 0.6 is 23.4 Å². The van der Waals surface area contributed by atoms with Gasteiger partial charge in [0.15, 0.2) is 0 Å². The zero-order valence-corrected chi connectivity index (χ0v) is 9.03. The molecule has 1 rings (SSSR count). The Bertz CT molecular complexity index is 419. The number of thiocyanates is 1. The van der Waals surface area contributed by atoms with Gasteiger partial charge in [-0.05, 0) is 30.0 Å². The van der Waals surface area contributed by atoms with Crippen LogP contribution in [0.5, 0.6) is 0 Å². The maximum atomic E-state index is 12.7. The van der Waals surface area contributed by atoms with Gasteiger partial charge in [-0.2, -0.15) is 5.26 Å². The largest absolute Gasteiger partial charge is 0.325 e. The molecule has 0 unspecified atom stereocenters. The maximum absolute atomic E-state index is 12.7. The molecule has 0 aliphatic heterocycles. The Labute approximate surface area is 95.2 Å². The van der Waals surface area contributed by atoms with Gasteiger partial charge >= 0.3 is 0 Å². The molecule has 0 atom stereocenters. The van der Waals surface area contributed by atoms with Crippen LogP contribution in [0.3, 0.4) is 0 Å². The number of nitrogens with zero attached hydrogens (tertiary/aromatic N) is 1. The number of halogens is 2. The molecule has 0 saturated carbocycles. The van der Waals surface area contributed by atoms with Crippen LogP contribution in [0.25, 0.3) is 0 Å². The summed E-state index contributed by atoms with van der Waals surface area (Å²) in [6, 6.07) is 3.87. The molecule has 3 nitrogen and oxygen atoms in total. The van der Waals surface area contributed by atoms with Crippen LogP contribution in [-0.2, 0) is 4.79 Å². The number of nitriles is 1. The Morgan fingerprint density at radius 3 is 3.00 bits per heavy atom. The van der Waals surface area contributed by atoms with E-state index < -0.39 is 5.82 Å². The van der Waals surface area contributed by atoms with E-state index in [4.69, 9.17) is 16.9 Å². The third kappa shape index (κ3) is 3.78. The van der Waals surface area contributed by atoms with Crippen molar-refractivity contribution in [1.82, 2.24) is 0 Å². The second kappa shape index (κ2) is 5.59. The fourth-order valence-corrected chi connectivity index (χ4v) is 1.32. The fourth-order valence-electron chi connectivity index (χ4n) is 0.869. The predicted octanol–water partition coefficient (Wildman–Crippen LogP) is 2.63. The summed E-state index contributed by atoms with van der Waals surface area (Å²) in [4.78, 5) is 11.1. The summed E-state index contributed by atoms with van der Waals surface area (Å²) >= 11 is 6.35. The lowest BCUT2D eigenvalue weighted by Gasteiger charge is -2.03. The molecule has 6 heteroatoms. The molecule has 1 aromatic rings. The van der Waals surface area contributed by atoms with E-state index in [1.807, 2.05) is 0 Å². The van der Waals surface area contributed by atoms with Crippen LogP contribution in [0, 0.1) is 16.5 Å². The average molecular weight is 245 g/mol. The van der Waals surface area contributed by atoms with E-state index in [1.165, 1.54) is 12.1 Å². The number of anilines is 1. The lowest BCUT2D eigenvalue weighted by Crippen LogP contribution is -2.13. The number of hydrogen-bond donors (Lipinski definition) is 1. The van der Waals surface area contributed by atoms with Crippen LogP contribution in [0.2, 0.25) is 5.02 Å². The smallest absolute Gasteiger partial charge is 0.235 e. The third-order valence-electron chi connectivity index (χ3n) is 1.47. The molecular formula is C9H6ClFN2OS. The van der Waals surface area contributed by atoms with Crippen LogP contribution in [0.4, 0.5) is 10.1 Å². The highest BCUT2D eigenvalue weighted by Gasteiger charge is 2.04. The summed E-state index contributed by atoms with van der Waals surface area (Å²) in [5, 5.41) is 12.4. The van der Waals surface area contributed by atoms with Crippen molar-refractivity contribution in [3.63, 3.8) is 0 Å². The van der Waals surface area contributed by atoms with Gasteiger partial charge in [0.2, 0.25) is 5.91 Å². The second-order valence-electron chi connectivity index (χ2n) is 2.56. The van der Waals surface area contributed by atoms with Crippen LogP contribution in [0.1, 0.15) is 0 Å². The zero-order chi connectivity index (χ0) is 11.3. The lowest BCUT2D eigenvalue weighted by molar-refractivity contribution is -0.113. The first kappa shape index (κ1) is 11.8. The van der Waals surface area contributed by atoms with Crippen LogP contribution in [-0.4, -0.2) is 11.7 Å². The SMILES string of the molecule is N#CSCC(=O)Nc1ccc(F)c(Cl)c1. The molecule has 78 valence electrons. The molecular weight excluding hydrogens is 239 g/mol. The summed E-state index contributed by atoms with van der Waals surface area (Å²) in [5.41, 5.74) is 0.407. The number of benzene rings is 1. The fraction of sp³-hybridized carbons (Fsp3) is 0.111. The van der Waals surface area contributed by atoms with Gasteiger partial charge in [-0.1, -0.05) is 11.6 Å². The van der Waals surface area contributed by atoms with Gasteiger partial charge < -0.3 is 5.32 Å². The van der Waals surface area contributed by atoms with E-state index in [1.54, 1.807) is 5.40 Å². The molecule has 15 heavy (non-hydrogen) atoms. The molecule has 0 bridgehead atoms. The van der Waals surface area contributed by atoms with Gasteiger partial charge in [0.1, 0.15) is 11.2 Å². The molecule has 0 aliphatic rings. The number of carbonyl (C=O) groups excluding carboxylic acids is 1. The van der Waals surface area contributed by atoms with Crippen molar-refractivity contribution in [1.29, 1.82) is 5.26 Å². The first-order valence-electron chi connectivity index (χ1n) is 3.89. The molecule has 0 radical (unpaired) electrons. The van der Waals surface area contributed by atoms with Crippen molar-refractivity contribution < 1.29 is 9.18 Å². The number of nitrogens with one attached hydrogen (secondary N) is 1. The van der Waals surface area contributed by atoms with E-state index in [2.05, 4.69) is 5.32 Å². The summed E-state index contributed by atoms with van der Waals surface area (Å²) in [5.74, 6) is -0.837. The highest BCUT2D eigenvalue weighted by atomic mass is 35.5. The predicted molar refractivity (Wildman–Crippen MR) is 58.1 cm³/mol. The molecule has 0 heterocycles. The van der Waals surface area contributed by atoms with E-state index in [0.717, 1.165) is 17.8 Å². The Morgan fingerprint density at radius 2 is 2.40 bits per heavy atom. The van der Waals surface area contributed by atoms with Gasteiger partial charge in [-0.3, -0.25) is 4.79 Å². The van der Waals surface area contributed by atoms with E-state index in [9.17, 15) is 9.18 Å². The van der Waals surface area contributed by atoms with Gasteiger partial charge in [0.25, 0.3) is 0 Å². The topological polar surface area (TPSA) is 52.9 Å². The van der Waals surface area contributed by atoms with Crippen molar-refractivity contribution in [2.24, 2.45) is 0 Å². The quantitative estimate of drug-likeness (QED) is 0.832. The monoisotopic (exact) mass is 244 g/mol. The van der Waals surface area contributed by atoms with Gasteiger partial charge in [-0.15, -0.1) is 0 Å². The Hall–Kier alpha value is -1.25. The van der Waals surface area contributed by atoms with Crippen molar-refractivity contribution in [3.8, 4) is 5.40 Å². The highest BCUT2D eigenvalue weighted by molar-refractivity contribution is 8.04. The Kier molecular flexibility index (Phi) is 4.40. The Morgan fingerprint density at radius 1 is 1.67 bits per heavy atom. The van der Waals surface area contributed by atoms with E-state index in [0.29, 0.717) is 5.69 Å². The standard InChI is InChI=1S/C9H6ClFN2OS/c10-7-3-6(1-2-8(7)11)13-9(14)4-15-5-12/h1-3H,4H2,(H,13,14). The lowest BCUT2D eigenvalue weighted by atomic mass is 10.3. The zero-order valence-electron chi connectivity index (χ0n) is 7.46. The number of rotatable bonds is 3. The number of carbonyl (C=O) groups is 1. The molecule has 0 saturated heterocycles. The number of thioether (sulfide) groups is 1. The van der Waals surface area contributed by atoms with E-state index in [-0.39, 0.29) is 16.7 Å². The van der Waals surface area contributed by atoms with E-state index >= 15 is 0 Å². The minimum atomic E-state index is -0.541. The number of hydrogen-bond acceptors (Lipinski definition) is 3. The summed E-state index contributed by atoms with van der Waals surface area (Å²) < 4.78 is 12.7. The van der Waals surface area contributed by atoms with Crippen molar-refractivity contribution >= 4 is 35.0 Å².